The zero-order valence-electron chi connectivity index (χ0n) is 12.7. The number of nitrogens with zero attached hydrogens (tertiary/aromatic N) is 3. The summed E-state index contributed by atoms with van der Waals surface area (Å²) in [5.41, 5.74) is -1.23. The molecule has 0 aromatic carbocycles. The summed E-state index contributed by atoms with van der Waals surface area (Å²) in [6, 6.07) is 0.674. The highest BCUT2D eigenvalue weighted by atomic mass is 19.4. The molecule has 0 aliphatic carbocycles. The van der Waals surface area contributed by atoms with Gasteiger partial charge in [0.1, 0.15) is 6.10 Å². The maximum Gasteiger partial charge on any atom is 0.438 e. The Morgan fingerprint density at radius 1 is 1.39 bits per heavy atom. The first-order valence-corrected chi connectivity index (χ1v) is 7.15. The lowest BCUT2D eigenvalue weighted by molar-refractivity contribution is -0.141. The molecule has 2 heterocycles. The first-order valence-electron chi connectivity index (χ1n) is 7.15. The van der Waals surface area contributed by atoms with Gasteiger partial charge >= 0.3 is 12.3 Å². The van der Waals surface area contributed by atoms with Gasteiger partial charge in [0, 0.05) is 19.2 Å². The Labute approximate surface area is 130 Å². The Kier molecular flexibility index (Phi) is 5.15. The molecule has 23 heavy (non-hydrogen) atoms. The highest BCUT2D eigenvalue weighted by Gasteiger charge is 2.37. The van der Waals surface area contributed by atoms with Gasteiger partial charge in [0.05, 0.1) is 6.10 Å². The molecule has 1 aromatic heterocycles. The summed E-state index contributed by atoms with van der Waals surface area (Å²) in [5, 5.41) is 13.6. The number of halogens is 3. The molecule has 7 nitrogen and oxygen atoms in total. The van der Waals surface area contributed by atoms with Crippen LogP contribution in [0.3, 0.4) is 0 Å². The number of carbonyl (C=O) groups excluding carboxylic acids is 1. The van der Waals surface area contributed by atoms with Crippen molar-refractivity contribution in [3.63, 3.8) is 0 Å². The molecule has 0 unspecified atom stereocenters. The standard InChI is InChI=1S/C13H18F3N3O4/c1-8(2)22-12(20)19-11(7-10(17-19)13(14,15)16)23-9-3-5-18(21)6-4-9/h7-9,21H,3-6H2,1-2H3. The van der Waals surface area contributed by atoms with E-state index in [1.54, 1.807) is 13.8 Å². The Bertz CT molecular complexity index is 551. The molecule has 0 amide bonds. The van der Waals surface area contributed by atoms with Crippen molar-refractivity contribution in [3.05, 3.63) is 11.8 Å². The van der Waals surface area contributed by atoms with Gasteiger partial charge in [-0.1, -0.05) is 0 Å². The summed E-state index contributed by atoms with van der Waals surface area (Å²) in [6.07, 6.45) is -5.82. The second-order valence-electron chi connectivity index (χ2n) is 5.48. The lowest BCUT2D eigenvalue weighted by atomic mass is 10.1. The molecule has 0 bridgehead atoms. The molecule has 1 aliphatic rings. The fourth-order valence-corrected chi connectivity index (χ4v) is 2.10. The van der Waals surface area contributed by atoms with Crippen molar-refractivity contribution < 1.29 is 32.6 Å². The number of carbonyl (C=O) groups is 1. The predicted molar refractivity (Wildman–Crippen MR) is 71.3 cm³/mol. The maximum absolute atomic E-state index is 12.8. The third-order valence-electron chi connectivity index (χ3n) is 3.18. The zero-order chi connectivity index (χ0) is 17.2. The highest BCUT2D eigenvalue weighted by molar-refractivity contribution is 5.71. The number of piperidine rings is 1. The van der Waals surface area contributed by atoms with Gasteiger partial charge in [-0.3, -0.25) is 0 Å². The van der Waals surface area contributed by atoms with E-state index in [1.807, 2.05) is 0 Å². The Morgan fingerprint density at radius 3 is 2.52 bits per heavy atom. The molecule has 1 fully saturated rings. The van der Waals surface area contributed by atoms with Crippen LogP contribution in [0, 0.1) is 0 Å². The monoisotopic (exact) mass is 337 g/mol. The van der Waals surface area contributed by atoms with E-state index in [9.17, 15) is 23.2 Å². The number of rotatable bonds is 3. The van der Waals surface area contributed by atoms with Gasteiger partial charge in [-0.15, -0.1) is 4.68 Å². The second-order valence-corrected chi connectivity index (χ2v) is 5.48. The summed E-state index contributed by atoms with van der Waals surface area (Å²) in [7, 11) is 0. The third kappa shape index (κ3) is 4.58. The number of hydrogen-bond acceptors (Lipinski definition) is 6. The smallest absolute Gasteiger partial charge is 0.438 e. The van der Waals surface area contributed by atoms with Crippen molar-refractivity contribution in [2.24, 2.45) is 0 Å². The van der Waals surface area contributed by atoms with Gasteiger partial charge < -0.3 is 14.7 Å². The van der Waals surface area contributed by atoms with Crippen LogP contribution < -0.4 is 4.74 Å². The summed E-state index contributed by atoms with van der Waals surface area (Å²) in [5.74, 6) is -0.320. The summed E-state index contributed by atoms with van der Waals surface area (Å²) >= 11 is 0. The van der Waals surface area contributed by atoms with Crippen LogP contribution in [0.25, 0.3) is 0 Å². The van der Waals surface area contributed by atoms with E-state index in [0.29, 0.717) is 36.7 Å². The van der Waals surface area contributed by atoms with Crippen molar-refractivity contribution in [2.75, 3.05) is 13.1 Å². The van der Waals surface area contributed by atoms with Crippen LogP contribution in [0.1, 0.15) is 32.4 Å². The maximum atomic E-state index is 12.8. The summed E-state index contributed by atoms with van der Waals surface area (Å²) < 4.78 is 49.3. The average Bonchev–Trinajstić information content (AvgIpc) is 2.84. The number of ether oxygens (including phenoxy) is 2. The summed E-state index contributed by atoms with van der Waals surface area (Å²) in [6.45, 7) is 3.82. The van der Waals surface area contributed by atoms with E-state index in [4.69, 9.17) is 9.47 Å². The molecular weight excluding hydrogens is 319 g/mol. The van der Waals surface area contributed by atoms with Crippen LogP contribution in [0.4, 0.5) is 18.0 Å². The first kappa shape index (κ1) is 17.5. The number of hydrogen-bond donors (Lipinski definition) is 1. The fourth-order valence-electron chi connectivity index (χ4n) is 2.10. The molecule has 1 aromatic rings. The number of hydroxylamine groups is 2. The lowest BCUT2D eigenvalue weighted by Crippen LogP contribution is -2.36. The molecule has 1 saturated heterocycles. The SMILES string of the molecule is CC(C)OC(=O)n1nc(C(F)(F)F)cc1OC1CCN(O)CC1. The van der Waals surface area contributed by atoms with Gasteiger partial charge in [-0.25, -0.2) is 4.79 Å². The van der Waals surface area contributed by atoms with Crippen LogP contribution >= 0.6 is 0 Å². The second kappa shape index (κ2) is 6.75. The van der Waals surface area contributed by atoms with Gasteiger partial charge in [0.2, 0.25) is 5.88 Å². The van der Waals surface area contributed by atoms with Crippen LogP contribution in [0.2, 0.25) is 0 Å². The van der Waals surface area contributed by atoms with Gasteiger partial charge in [-0.05, 0) is 26.7 Å². The van der Waals surface area contributed by atoms with Gasteiger partial charge in [0.25, 0.3) is 0 Å². The lowest BCUT2D eigenvalue weighted by Gasteiger charge is -2.27. The molecule has 0 atom stereocenters. The van der Waals surface area contributed by atoms with Gasteiger partial charge in [-0.2, -0.15) is 23.3 Å². The molecule has 2 rings (SSSR count). The van der Waals surface area contributed by atoms with Crippen molar-refractivity contribution >= 4 is 6.09 Å². The van der Waals surface area contributed by atoms with E-state index >= 15 is 0 Å². The Balaban J connectivity index is 2.21. The van der Waals surface area contributed by atoms with E-state index in [1.165, 1.54) is 0 Å². The molecule has 130 valence electrons. The normalized spacial score (nSPS) is 17.5. The molecule has 0 spiro atoms. The molecule has 10 heteroatoms. The summed E-state index contributed by atoms with van der Waals surface area (Å²) in [4.78, 5) is 11.9. The minimum atomic E-state index is -4.70. The molecule has 0 saturated carbocycles. The topological polar surface area (TPSA) is 76.8 Å². The van der Waals surface area contributed by atoms with Crippen molar-refractivity contribution in [1.29, 1.82) is 0 Å². The van der Waals surface area contributed by atoms with E-state index in [-0.39, 0.29) is 5.88 Å². The molecule has 1 N–H and O–H groups in total. The van der Waals surface area contributed by atoms with Crippen molar-refractivity contribution in [2.45, 2.75) is 45.1 Å². The Hall–Kier alpha value is -1.81. The van der Waals surface area contributed by atoms with E-state index in [0.717, 1.165) is 5.06 Å². The highest BCUT2D eigenvalue weighted by Crippen LogP contribution is 2.31. The largest absolute Gasteiger partial charge is 0.474 e. The average molecular weight is 337 g/mol. The molecule has 0 radical (unpaired) electrons. The quantitative estimate of drug-likeness (QED) is 0.913. The van der Waals surface area contributed by atoms with Crippen molar-refractivity contribution in [1.82, 2.24) is 14.8 Å². The number of aromatic nitrogens is 2. The number of alkyl halides is 3. The third-order valence-corrected chi connectivity index (χ3v) is 3.18. The Morgan fingerprint density at radius 2 is 2.00 bits per heavy atom. The molecule has 1 aliphatic heterocycles. The first-order chi connectivity index (χ1) is 10.7. The van der Waals surface area contributed by atoms with Crippen LogP contribution in [-0.4, -0.2) is 51.4 Å². The van der Waals surface area contributed by atoms with Crippen molar-refractivity contribution in [3.8, 4) is 5.88 Å². The minimum Gasteiger partial charge on any atom is -0.474 e. The van der Waals surface area contributed by atoms with E-state index in [2.05, 4.69) is 5.10 Å². The van der Waals surface area contributed by atoms with Crippen LogP contribution in [0.15, 0.2) is 6.07 Å². The van der Waals surface area contributed by atoms with Crippen LogP contribution in [0.5, 0.6) is 5.88 Å². The minimum absolute atomic E-state index is 0.320. The predicted octanol–water partition coefficient (Wildman–Crippen LogP) is 2.53. The fraction of sp³-hybridized carbons (Fsp3) is 0.692. The van der Waals surface area contributed by atoms with Crippen LogP contribution in [-0.2, 0) is 10.9 Å². The molecular formula is C13H18F3N3O4. The zero-order valence-corrected chi connectivity index (χ0v) is 12.7. The van der Waals surface area contributed by atoms with Gasteiger partial charge in [0.15, 0.2) is 5.69 Å². The van der Waals surface area contributed by atoms with E-state index < -0.39 is 30.2 Å².